The summed E-state index contributed by atoms with van der Waals surface area (Å²) < 4.78 is 0. The summed E-state index contributed by atoms with van der Waals surface area (Å²) in [5.41, 5.74) is 2.66. The van der Waals surface area contributed by atoms with E-state index in [9.17, 15) is 4.79 Å². The third-order valence-electron chi connectivity index (χ3n) is 3.84. The van der Waals surface area contributed by atoms with E-state index in [1.54, 1.807) is 26.2 Å². The number of halogens is 3. The SMILES string of the molecule is CN=C(NCc1cccc(C(=O)NC)c1)N(C)Cc1ccc(Cl)c(Cl)c1.I. The maximum Gasteiger partial charge on any atom is 0.251 e. The molecule has 0 saturated carbocycles. The molecule has 2 aromatic carbocycles. The summed E-state index contributed by atoms with van der Waals surface area (Å²) >= 11 is 12.0. The number of hydrogen-bond acceptors (Lipinski definition) is 2. The van der Waals surface area contributed by atoms with Crippen LogP contribution in [0.5, 0.6) is 0 Å². The van der Waals surface area contributed by atoms with E-state index in [-0.39, 0.29) is 29.9 Å². The topological polar surface area (TPSA) is 56.7 Å². The van der Waals surface area contributed by atoms with Gasteiger partial charge < -0.3 is 15.5 Å². The molecule has 0 fully saturated rings. The van der Waals surface area contributed by atoms with Crippen LogP contribution in [0.2, 0.25) is 10.0 Å². The van der Waals surface area contributed by atoms with E-state index < -0.39 is 0 Å². The second kappa shape index (κ2) is 11.4. The molecule has 2 aromatic rings. The third kappa shape index (κ3) is 6.86. The number of carbonyl (C=O) groups excluding carboxylic acids is 1. The van der Waals surface area contributed by atoms with E-state index >= 15 is 0 Å². The van der Waals surface area contributed by atoms with Crippen molar-refractivity contribution in [2.75, 3.05) is 21.1 Å². The molecule has 0 unspecified atom stereocenters. The Kier molecular flexibility index (Phi) is 9.90. The van der Waals surface area contributed by atoms with Crippen LogP contribution in [0.15, 0.2) is 47.5 Å². The number of benzene rings is 2. The summed E-state index contributed by atoms with van der Waals surface area (Å²) in [6.45, 7) is 1.19. The van der Waals surface area contributed by atoms with Crippen LogP contribution >= 0.6 is 47.2 Å². The Balaban J connectivity index is 0.00000364. The van der Waals surface area contributed by atoms with Crippen molar-refractivity contribution in [3.05, 3.63) is 69.2 Å². The molecule has 146 valence electrons. The van der Waals surface area contributed by atoms with E-state index in [2.05, 4.69) is 15.6 Å². The van der Waals surface area contributed by atoms with Crippen LogP contribution in [0, 0.1) is 0 Å². The van der Waals surface area contributed by atoms with E-state index in [0.717, 1.165) is 17.1 Å². The Labute approximate surface area is 187 Å². The average Bonchev–Trinajstić information content (AvgIpc) is 2.64. The molecule has 0 aliphatic carbocycles. The number of nitrogens with one attached hydrogen (secondary N) is 2. The van der Waals surface area contributed by atoms with Gasteiger partial charge in [0.05, 0.1) is 10.0 Å². The molecule has 2 N–H and O–H groups in total. The van der Waals surface area contributed by atoms with Gasteiger partial charge in [-0.2, -0.15) is 0 Å². The lowest BCUT2D eigenvalue weighted by Crippen LogP contribution is -2.38. The number of amides is 1. The number of nitrogens with zero attached hydrogens (tertiary/aromatic N) is 2. The lowest BCUT2D eigenvalue weighted by atomic mass is 10.1. The van der Waals surface area contributed by atoms with Crippen LogP contribution in [0.25, 0.3) is 0 Å². The van der Waals surface area contributed by atoms with Crippen LogP contribution in [-0.4, -0.2) is 37.9 Å². The minimum absolute atomic E-state index is 0. The molecule has 0 spiro atoms. The van der Waals surface area contributed by atoms with Crippen molar-refractivity contribution in [3.63, 3.8) is 0 Å². The second-order valence-corrected chi connectivity index (χ2v) is 6.60. The Bertz CT molecular complexity index is 814. The summed E-state index contributed by atoms with van der Waals surface area (Å²) in [5.74, 6) is 0.634. The molecule has 0 atom stereocenters. The first-order chi connectivity index (χ1) is 12.4. The molecule has 0 radical (unpaired) electrons. The highest BCUT2D eigenvalue weighted by Gasteiger charge is 2.09. The fourth-order valence-corrected chi connectivity index (χ4v) is 2.84. The highest BCUT2D eigenvalue weighted by molar-refractivity contribution is 14.0. The van der Waals surface area contributed by atoms with Gasteiger partial charge in [0.2, 0.25) is 0 Å². The first-order valence-electron chi connectivity index (χ1n) is 8.11. The fraction of sp³-hybridized carbons (Fsp3) is 0.263. The zero-order chi connectivity index (χ0) is 19.1. The zero-order valence-electron chi connectivity index (χ0n) is 15.4. The first kappa shape index (κ1) is 23.5. The number of hydrogen-bond donors (Lipinski definition) is 2. The highest BCUT2D eigenvalue weighted by Crippen LogP contribution is 2.23. The van der Waals surface area contributed by atoms with Crippen LogP contribution in [0.1, 0.15) is 21.5 Å². The standard InChI is InChI=1S/C19H22Cl2N4O.HI/c1-22-18(26)15-6-4-5-13(9-15)11-24-19(23-2)25(3)12-14-7-8-16(20)17(21)10-14;/h4-10H,11-12H2,1-3H3,(H,22,26)(H,23,24);1H. The van der Waals surface area contributed by atoms with E-state index in [0.29, 0.717) is 28.7 Å². The van der Waals surface area contributed by atoms with Crippen molar-refractivity contribution in [2.45, 2.75) is 13.1 Å². The summed E-state index contributed by atoms with van der Waals surface area (Å²) in [6.07, 6.45) is 0. The number of carbonyl (C=O) groups is 1. The minimum atomic E-state index is -0.104. The predicted molar refractivity (Wildman–Crippen MR) is 123 cm³/mol. The van der Waals surface area contributed by atoms with Crippen molar-refractivity contribution >= 4 is 59.0 Å². The highest BCUT2D eigenvalue weighted by atomic mass is 127. The lowest BCUT2D eigenvalue weighted by Gasteiger charge is -2.22. The van der Waals surface area contributed by atoms with Gasteiger partial charge in [0.15, 0.2) is 5.96 Å². The van der Waals surface area contributed by atoms with Gasteiger partial charge in [-0.25, -0.2) is 0 Å². The Morgan fingerprint density at radius 2 is 1.85 bits per heavy atom. The molecule has 5 nitrogen and oxygen atoms in total. The monoisotopic (exact) mass is 520 g/mol. The molecule has 8 heteroatoms. The molecule has 27 heavy (non-hydrogen) atoms. The van der Waals surface area contributed by atoms with Crippen LogP contribution in [0.3, 0.4) is 0 Å². The van der Waals surface area contributed by atoms with Crippen LogP contribution in [0.4, 0.5) is 0 Å². The van der Waals surface area contributed by atoms with Gasteiger partial charge in [-0.05, 0) is 35.4 Å². The van der Waals surface area contributed by atoms with E-state index in [4.69, 9.17) is 23.2 Å². The summed E-state index contributed by atoms with van der Waals surface area (Å²) in [7, 11) is 5.29. The van der Waals surface area contributed by atoms with E-state index in [1.807, 2.05) is 42.3 Å². The molecule has 0 heterocycles. The second-order valence-electron chi connectivity index (χ2n) is 5.78. The molecule has 0 aromatic heterocycles. The molecule has 1 amide bonds. The first-order valence-corrected chi connectivity index (χ1v) is 8.87. The fourth-order valence-electron chi connectivity index (χ4n) is 2.52. The van der Waals surface area contributed by atoms with Gasteiger partial charge >= 0.3 is 0 Å². The Morgan fingerprint density at radius 1 is 1.11 bits per heavy atom. The smallest absolute Gasteiger partial charge is 0.251 e. The predicted octanol–water partition coefficient (Wildman–Crippen LogP) is 4.18. The van der Waals surface area contributed by atoms with Gasteiger partial charge in [-0.3, -0.25) is 9.79 Å². The van der Waals surface area contributed by atoms with E-state index in [1.165, 1.54) is 0 Å². The number of guanidine groups is 1. The van der Waals surface area contributed by atoms with Gasteiger partial charge in [0, 0.05) is 39.8 Å². The van der Waals surface area contributed by atoms with Crippen molar-refractivity contribution in [1.82, 2.24) is 15.5 Å². The van der Waals surface area contributed by atoms with Crippen molar-refractivity contribution in [1.29, 1.82) is 0 Å². The van der Waals surface area contributed by atoms with Gasteiger partial charge in [0.1, 0.15) is 0 Å². The van der Waals surface area contributed by atoms with Gasteiger partial charge in [0.25, 0.3) is 5.91 Å². The average molecular weight is 521 g/mol. The summed E-state index contributed by atoms with van der Waals surface area (Å²) in [4.78, 5) is 18.0. The number of aliphatic imine (C=N–C) groups is 1. The molecule has 0 aliphatic heterocycles. The van der Waals surface area contributed by atoms with Gasteiger partial charge in [-0.15, -0.1) is 24.0 Å². The normalized spacial score (nSPS) is 10.8. The molecule has 0 aliphatic rings. The van der Waals surface area contributed by atoms with Crippen LogP contribution in [-0.2, 0) is 13.1 Å². The number of rotatable bonds is 5. The summed E-state index contributed by atoms with van der Waals surface area (Å²) in [6, 6.07) is 13.0. The maximum atomic E-state index is 11.7. The van der Waals surface area contributed by atoms with Crippen molar-refractivity contribution < 1.29 is 4.79 Å². The van der Waals surface area contributed by atoms with Crippen molar-refractivity contribution in [2.24, 2.45) is 4.99 Å². The van der Waals surface area contributed by atoms with Crippen molar-refractivity contribution in [3.8, 4) is 0 Å². The Morgan fingerprint density at radius 3 is 2.48 bits per heavy atom. The van der Waals surface area contributed by atoms with Crippen LogP contribution < -0.4 is 10.6 Å². The quantitative estimate of drug-likeness (QED) is 0.353. The zero-order valence-corrected chi connectivity index (χ0v) is 19.3. The maximum absolute atomic E-state index is 11.7. The Hall–Kier alpha value is -1.51. The lowest BCUT2D eigenvalue weighted by molar-refractivity contribution is 0.0963. The molecule has 0 bridgehead atoms. The third-order valence-corrected chi connectivity index (χ3v) is 4.58. The molecule has 2 rings (SSSR count). The summed E-state index contributed by atoms with van der Waals surface area (Å²) in [5, 5.41) is 7.00. The largest absolute Gasteiger partial charge is 0.355 e. The molecular weight excluding hydrogens is 498 g/mol. The minimum Gasteiger partial charge on any atom is -0.355 e. The van der Waals surface area contributed by atoms with Gasteiger partial charge in [-0.1, -0.05) is 41.4 Å². The molecule has 0 saturated heterocycles. The molecular formula is C19H23Cl2IN4O.